The molecule has 1 heterocycles. The minimum Gasteiger partial charge on any atom is -0.499 e. The van der Waals surface area contributed by atoms with Crippen LogP contribution in [0.15, 0.2) is 11.5 Å². The summed E-state index contributed by atoms with van der Waals surface area (Å²) in [5.74, 6) is -1.53. The van der Waals surface area contributed by atoms with E-state index in [1.165, 1.54) is 38.5 Å². The lowest BCUT2D eigenvalue weighted by Gasteiger charge is -2.24. The van der Waals surface area contributed by atoms with E-state index in [-0.39, 0.29) is 11.9 Å². The largest absolute Gasteiger partial charge is 0.499 e. The molecule has 0 aromatic heterocycles. The Bertz CT molecular complexity index is 462. The smallest absolute Gasteiger partial charge is 0.378 e. The third kappa shape index (κ3) is 8.82. The van der Waals surface area contributed by atoms with Crippen LogP contribution in [-0.2, 0) is 14.3 Å². The highest BCUT2D eigenvalue weighted by atomic mass is 16.6. The van der Waals surface area contributed by atoms with Crippen LogP contribution in [0.5, 0.6) is 0 Å². The molecule has 6 nitrogen and oxygen atoms in total. The van der Waals surface area contributed by atoms with Gasteiger partial charge in [0, 0.05) is 0 Å². The predicted octanol–water partition coefficient (Wildman–Crippen LogP) is 4.53. The Morgan fingerprint density at radius 3 is 2.00 bits per heavy atom. The van der Waals surface area contributed by atoms with E-state index in [0.717, 1.165) is 44.9 Å². The number of ether oxygens (including phenoxy) is 2. The molecule has 0 aromatic carbocycles. The Kier molecular flexibility index (Phi) is 13.0. The van der Waals surface area contributed by atoms with Gasteiger partial charge in [-0.05, 0) is 25.7 Å². The summed E-state index contributed by atoms with van der Waals surface area (Å²) >= 11 is 0. The number of aliphatic hydroxyl groups excluding tert-OH is 3. The van der Waals surface area contributed by atoms with E-state index >= 15 is 0 Å². The Morgan fingerprint density at radius 2 is 1.43 bits per heavy atom. The molecule has 0 spiro atoms. The standard InChI is InChI=1S/C22H40O6/c1-3-5-7-8-9-10-11-13-15-17(14-12-6-4-2)27-21-19(25)22(26)28-20(21)18(24)16-23/h17-18,20,23-25H,3-16H2,1-2H3/t17?,18-,20+/m0/s1. The van der Waals surface area contributed by atoms with Crippen LogP contribution in [0.4, 0.5) is 0 Å². The second-order valence-electron chi connectivity index (χ2n) is 7.79. The van der Waals surface area contributed by atoms with Crippen LogP contribution < -0.4 is 0 Å². The second-order valence-corrected chi connectivity index (χ2v) is 7.79. The summed E-state index contributed by atoms with van der Waals surface area (Å²) in [7, 11) is 0. The second kappa shape index (κ2) is 14.7. The molecule has 3 N–H and O–H groups in total. The molecule has 0 fully saturated rings. The highest BCUT2D eigenvalue weighted by molar-refractivity contribution is 5.89. The number of rotatable bonds is 17. The number of cyclic esters (lactones) is 1. The van der Waals surface area contributed by atoms with E-state index in [2.05, 4.69) is 13.8 Å². The molecule has 0 saturated carbocycles. The van der Waals surface area contributed by atoms with Crippen LogP contribution in [0.1, 0.15) is 97.3 Å². The number of aliphatic hydroxyl groups is 3. The number of unbranched alkanes of at least 4 members (excludes halogenated alkanes) is 9. The normalized spacial score (nSPS) is 19.0. The summed E-state index contributed by atoms with van der Waals surface area (Å²) in [6, 6.07) is 0. The van der Waals surface area contributed by atoms with Crippen molar-refractivity contribution in [1.29, 1.82) is 0 Å². The van der Waals surface area contributed by atoms with Gasteiger partial charge < -0.3 is 24.8 Å². The van der Waals surface area contributed by atoms with Crippen LogP contribution >= 0.6 is 0 Å². The lowest BCUT2D eigenvalue weighted by molar-refractivity contribution is -0.148. The molecule has 1 aliphatic rings. The molecule has 0 bridgehead atoms. The fourth-order valence-corrected chi connectivity index (χ4v) is 3.50. The molecule has 0 aromatic rings. The Hall–Kier alpha value is -1.27. The van der Waals surface area contributed by atoms with Gasteiger partial charge in [0.1, 0.15) is 6.10 Å². The fourth-order valence-electron chi connectivity index (χ4n) is 3.50. The first-order valence-corrected chi connectivity index (χ1v) is 11.1. The van der Waals surface area contributed by atoms with Crippen molar-refractivity contribution in [3.8, 4) is 0 Å². The van der Waals surface area contributed by atoms with Crippen molar-refractivity contribution >= 4 is 5.97 Å². The van der Waals surface area contributed by atoms with Crippen LogP contribution in [0.3, 0.4) is 0 Å². The molecule has 0 amide bonds. The van der Waals surface area contributed by atoms with Gasteiger partial charge in [0.2, 0.25) is 5.76 Å². The van der Waals surface area contributed by atoms with Crippen LogP contribution in [-0.4, -0.2) is 46.2 Å². The summed E-state index contributed by atoms with van der Waals surface area (Å²) in [4.78, 5) is 11.7. The molecule has 0 saturated heterocycles. The maximum atomic E-state index is 11.7. The maximum absolute atomic E-state index is 11.7. The molecule has 164 valence electrons. The monoisotopic (exact) mass is 400 g/mol. The maximum Gasteiger partial charge on any atom is 0.378 e. The number of hydrogen-bond acceptors (Lipinski definition) is 6. The van der Waals surface area contributed by atoms with E-state index in [1.807, 2.05) is 0 Å². The number of hydrogen-bond donors (Lipinski definition) is 3. The summed E-state index contributed by atoms with van der Waals surface area (Å²) < 4.78 is 10.9. The van der Waals surface area contributed by atoms with Crippen molar-refractivity contribution in [2.24, 2.45) is 0 Å². The van der Waals surface area contributed by atoms with Crippen LogP contribution in [0, 0.1) is 0 Å². The van der Waals surface area contributed by atoms with Crippen molar-refractivity contribution in [1.82, 2.24) is 0 Å². The van der Waals surface area contributed by atoms with E-state index in [9.17, 15) is 15.0 Å². The van der Waals surface area contributed by atoms with Crippen molar-refractivity contribution < 1.29 is 29.6 Å². The van der Waals surface area contributed by atoms with Crippen molar-refractivity contribution in [3.05, 3.63) is 11.5 Å². The third-order valence-electron chi connectivity index (χ3n) is 5.26. The zero-order valence-electron chi connectivity index (χ0n) is 17.7. The van der Waals surface area contributed by atoms with Gasteiger partial charge >= 0.3 is 5.97 Å². The van der Waals surface area contributed by atoms with Gasteiger partial charge in [0.15, 0.2) is 11.9 Å². The molecular formula is C22H40O6. The van der Waals surface area contributed by atoms with Gasteiger partial charge in [0.25, 0.3) is 0 Å². The molecule has 3 atom stereocenters. The quantitative estimate of drug-likeness (QED) is 0.245. The van der Waals surface area contributed by atoms with E-state index in [4.69, 9.17) is 14.6 Å². The topological polar surface area (TPSA) is 96.2 Å². The fraction of sp³-hybridized carbons (Fsp3) is 0.864. The molecule has 28 heavy (non-hydrogen) atoms. The van der Waals surface area contributed by atoms with Crippen molar-refractivity contribution in [2.75, 3.05) is 6.61 Å². The highest BCUT2D eigenvalue weighted by Gasteiger charge is 2.41. The lowest BCUT2D eigenvalue weighted by atomic mass is 10.0. The minimum absolute atomic E-state index is 0.0346. The van der Waals surface area contributed by atoms with Crippen molar-refractivity contribution in [2.45, 2.75) is 116 Å². The zero-order chi connectivity index (χ0) is 20.8. The molecule has 1 unspecified atom stereocenters. The van der Waals surface area contributed by atoms with E-state index < -0.39 is 30.5 Å². The lowest BCUT2D eigenvalue weighted by Crippen LogP contribution is -2.33. The Balaban J connectivity index is 2.52. The first-order valence-electron chi connectivity index (χ1n) is 11.1. The molecule has 1 aliphatic heterocycles. The van der Waals surface area contributed by atoms with Gasteiger partial charge in [-0.1, -0.05) is 71.6 Å². The minimum atomic E-state index is -1.30. The SMILES string of the molecule is CCCCCCCCCCC(CCCCC)OC1=C(O)C(=O)O[C@@H]1[C@@H](O)CO. The van der Waals surface area contributed by atoms with Gasteiger partial charge in [-0.2, -0.15) is 0 Å². The van der Waals surface area contributed by atoms with Crippen molar-refractivity contribution in [3.63, 3.8) is 0 Å². The number of esters is 1. The number of carbonyl (C=O) groups is 1. The number of carbonyl (C=O) groups excluding carboxylic acids is 1. The first kappa shape index (κ1) is 24.8. The molecular weight excluding hydrogens is 360 g/mol. The summed E-state index contributed by atoms with van der Waals surface area (Å²) in [5.41, 5.74) is 0. The summed E-state index contributed by atoms with van der Waals surface area (Å²) in [6.07, 6.45) is 12.1. The van der Waals surface area contributed by atoms with Crippen LogP contribution in [0.25, 0.3) is 0 Å². The first-order chi connectivity index (χ1) is 13.5. The molecule has 6 heteroatoms. The molecule has 0 radical (unpaired) electrons. The average molecular weight is 401 g/mol. The Morgan fingerprint density at radius 1 is 0.929 bits per heavy atom. The van der Waals surface area contributed by atoms with Crippen LogP contribution in [0.2, 0.25) is 0 Å². The average Bonchev–Trinajstić information content (AvgIpc) is 2.97. The van der Waals surface area contributed by atoms with E-state index in [1.54, 1.807) is 0 Å². The van der Waals surface area contributed by atoms with Gasteiger partial charge in [-0.15, -0.1) is 0 Å². The Labute approximate surface area is 169 Å². The van der Waals surface area contributed by atoms with Gasteiger partial charge in [-0.3, -0.25) is 0 Å². The summed E-state index contributed by atoms with van der Waals surface area (Å²) in [5, 5.41) is 29.0. The third-order valence-corrected chi connectivity index (χ3v) is 5.26. The highest BCUT2D eigenvalue weighted by Crippen LogP contribution is 2.28. The summed E-state index contributed by atoms with van der Waals surface area (Å²) in [6.45, 7) is 3.79. The van der Waals surface area contributed by atoms with Gasteiger partial charge in [-0.25, -0.2) is 4.79 Å². The van der Waals surface area contributed by atoms with E-state index in [0.29, 0.717) is 0 Å². The predicted molar refractivity (Wildman–Crippen MR) is 109 cm³/mol. The molecule has 1 rings (SSSR count). The zero-order valence-corrected chi connectivity index (χ0v) is 17.7. The molecule has 0 aliphatic carbocycles. The van der Waals surface area contributed by atoms with Gasteiger partial charge in [0.05, 0.1) is 12.7 Å².